The van der Waals surface area contributed by atoms with E-state index in [1.165, 1.54) is 0 Å². The first kappa shape index (κ1) is 5.63. The molecule has 1 aliphatic rings. The van der Waals surface area contributed by atoms with Gasteiger partial charge in [0.15, 0.2) is 0 Å². The molecule has 2 atom stereocenters. The Labute approximate surface area is 50.3 Å². The van der Waals surface area contributed by atoms with Gasteiger partial charge < -0.3 is 0 Å². The highest BCUT2D eigenvalue weighted by Crippen LogP contribution is 2.21. The summed E-state index contributed by atoms with van der Waals surface area (Å²) in [6.07, 6.45) is 0. The molecule has 1 fully saturated rings. The summed E-state index contributed by atoms with van der Waals surface area (Å²) < 4.78 is 11.1. The number of rotatable bonds is 0. The summed E-state index contributed by atoms with van der Waals surface area (Å²) in [4.78, 5) is 0. The van der Waals surface area contributed by atoms with Gasteiger partial charge in [-0.2, -0.15) is 0 Å². The Bertz CT molecular complexity index is 91.7. The molecule has 0 aromatic heterocycles. The van der Waals surface area contributed by atoms with Gasteiger partial charge in [0.2, 0.25) is 0 Å². The maximum absolute atomic E-state index is 10.7. The first-order chi connectivity index (χ1) is 3.30. The highest BCUT2D eigenvalue weighted by atomic mass is 32.2. The van der Waals surface area contributed by atoms with Gasteiger partial charge in [0.1, 0.15) is 0 Å². The van der Waals surface area contributed by atoms with Crippen molar-refractivity contribution in [2.75, 3.05) is 11.5 Å². The van der Waals surface area contributed by atoms with E-state index >= 15 is 0 Å². The largest absolute Gasteiger partial charge is 0.258 e. The maximum atomic E-state index is 10.7. The maximum Gasteiger partial charge on any atom is 0.0773 e. The van der Waals surface area contributed by atoms with Gasteiger partial charge in [-0.05, 0) is 6.92 Å². The van der Waals surface area contributed by atoms with E-state index in [2.05, 4.69) is 0 Å². The number of hydrogen-bond donors (Lipinski definition) is 0. The zero-order valence-corrected chi connectivity index (χ0v) is 5.85. The molecule has 1 aliphatic heterocycles. The van der Waals surface area contributed by atoms with Crippen molar-refractivity contribution in [1.29, 1.82) is 0 Å². The summed E-state index contributed by atoms with van der Waals surface area (Å²) >= 11 is 1.81. The Kier molecular flexibility index (Phi) is 1.75. The SMILES string of the molecule is C[C@H]1SCCS1=O. The van der Waals surface area contributed by atoms with Gasteiger partial charge in [-0.3, -0.25) is 4.21 Å². The third kappa shape index (κ3) is 1.19. The number of thioether (sulfide) groups is 1. The van der Waals surface area contributed by atoms with E-state index in [0.717, 1.165) is 11.5 Å². The van der Waals surface area contributed by atoms with Gasteiger partial charge in [-0.25, -0.2) is 0 Å². The molecular formula is C4H8OS2. The smallest absolute Gasteiger partial charge is 0.0773 e. The standard InChI is InChI=1S/C4H8OS2/c1-4-6-2-3-7(4)5/h4H,2-3H2,1H3/t4-,7?/m0/s1. The molecule has 0 N–H and O–H groups in total. The van der Waals surface area contributed by atoms with Gasteiger partial charge in [-0.15, -0.1) is 11.8 Å². The molecule has 0 bridgehead atoms. The third-order valence-corrected chi connectivity index (χ3v) is 4.57. The van der Waals surface area contributed by atoms with E-state index in [4.69, 9.17) is 0 Å². The highest BCUT2D eigenvalue weighted by molar-refractivity contribution is 8.14. The predicted octanol–water partition coefficient (Wildman–Crippen LogP) is 0.828. The van der Waals surface area contributed by atoms with Crippen LogP contribution < -0.4 is 0 Å². The minimum atomic E-state index is -0.505. The molecule has 0 spiro atoms. The van der Waals surface area contributed by atoms with E-state index in [0.29, 0.717) is 4.58 Å². The lowest BCUT2D eigenvalue weighted by Crippen LogP contribution is -1.98. The lowest BCUT2D eigenvalue weighted by Gasteiger charge is -1.92. The van der Waals surface area contributed by atoms with Gasteiger partial charge in [0.25, 0.3) is 0 Å². The topological polar surface area (TPSA) is 17.1 Å². The molecule has 1 saturated heterocycles. The van der Waals surface area contributed by atoms with Crippen LogP contribution in [-0.4, -0.2) is 20.3 Å². The minimum Gasteiger partial charge on any atom is -0.258 e. The van der Waals surface area contributed by atoms with Crippen LogP contribution in [0.25, 0.3) is 0 Å². The minimum absolute atomic E-state index is 0.403. The molecule has 0 saturated carbocycles. The highest BCUT2D eigenvalue weighted by Gasteiger charge is 2.17. The molecule has 1 rings (SSSR count). The van der Waals surface area contributed by atoms with Crippen LogP contribution in [0.2, 0.25) is 0 Å². The molecule has 1 unspecified atom stereocenters. The lowest BCUT2D eigenvalue weighted by atomic mass is 11.0. The van der Waals surface area contributed by atoms with Gasteiger partial charge in [0.05, 0.1) is 4.58 Å². The van der Waals surface area contributed by atoms with Crippen molar-refractivity contribution in [1.82, 2.24) is 0 Å². The molecule has 0 amide bonds. The predicted molar refractivity (Wildman–Crippen MR) is 34.9 cm³/mol. The molecule has 42 valence electrons. The Morgan fingerprint density at radius 2 is 2.57 bits per heavy atom. The summed E-state index contributed by atoms with van der Waals surface area (Å²) in [6.45, 7) is 2.02. The first-order valence-corrected chi connectivity index (χ1v) is 4.72. The molecule has 7 heavy (non-hydrogen) atoms. The summed E-state index contributed by atoms with van der Waals surface area (Å²) in [5, 5.41) is 0. The fraction of sp³-hybridized carbons (Fsp3) is 1.00. The molecular weight excluding hydrogens is 128 g/mol. The first-order valence-electron chi connectivity index (χ1n) is 2.29. The fourth-order valence-corrected chi connectivity index (χ4v) is 3.43. The van der Waals surface area contributed by atoms with E-state index < -0.39 is 10.8 Å². The summed E-state index contributed by atoms with van der Waals surface area (Å²) in [5.41, 5.74) is 0. The van der Waals surface area contributed by atoms with Crippen LogP contribution in [0, 0.1) is 0 Å². The third-order valence-electron chi connectivity index (χ3n) is 1.01. The van der Waals surface area contributed by atoms with Gasteiger partial charge >= 0.3 is 0 Å². The molecule has 3 heteroatoms. The zero-order valence-electron chi connectivity index (χ0n) is 4.22. The van der Waals surface area contributed by atoms with Crippen molar-refractivity contribution < 1.29 is 4.21 Å². The molecule has 1 nitrogen and oxygen atoms in total. The van der Waals surface area contributed by atoms with E-state index in [1.54, 1.807) is 11.8 Å². The van der Waals surface area contributed by atoms with Gasteiger partial charge in [-0.1, -0.05) is 0 Å². The monoisotopic (exact) mass is 136 g/mol. The summed E-state index contributed by atoms with van der Waals surface area (Å²) in [5.74, 6) is 2.00. The molecule has 0 aromatic carbocycles. The van der Waals surface area contributed by atoms with Crippen molar-refractivity contribution in [2.24, 2.45) is 0 Å². The van der Waals surface area contributed by atoms with Crippen molar-refractivity contribution in [3.8, 4) is 0 Å². The fourth-order valence-electron chi connectivity index (χ4n) is 0.538. The second-order valence-electron chi connectivity index (χ2n) is 1.52. The zero-order chi connectivity index (χ0) is 5.28. The van der Waals surface area contributed by atoms with Crippen molar-refractivity contribution >= 4 is 22.6 Å². The van der Waals surface area contributed by atoms with Crippen molar-refractivity contribution in [2.45, 2.75) is 11.5 Å². The van der Waals surface area contributed by atoms with Crippen LogP contribution in [0.4, 0.5) is 0 Å². The van der Waals surface area contributed by atoms with E-state index in [9.17, 15) is 4.21 Å². The quantitative estimate of drug-likeness (QED) is 0.490. The van der Waals surface area contributed by atoms with E-state index in [-0.39, 0.29) is 0 Å². The molecule has 0 aromatic rings. The Hall–Kier alpha value is 0.500. The van der Waals surface area contributed by atoms with Crippen molar-refractivity contribution in [3.63, 3.8) is 0 Å². The van der Waals surface area contributed by atoms with Crippen LogP contribution >= 0.6 is 11.8 Å². The Morgan fingerprint density at radius 1 is 1.86 bits per heavy atom. The van der Waals surface area contributed by atoms with Crippen LogP contribution in [0.15, 0.2) is 0 Å². The summed E-state index contributed by atoms with van der Waals surface area (Å²) in [6, 6.07) is 0. The second-order valence-corrected chi connectivity index (χ2v) is 5.15. The molecule has 1 heterocycles. The van der Waals surface area contributed by atoms with Crippen LogP contribution in [0.3, 0.4) is 0 Å². The summed E-state index contributed by atoms with van der Waals surface area (Å²) in [7, 11) is -0.505. The molecule has 0 radical (unpaired) electrons. The Balaban J connectivity index is 2.48. The van der Waals surface area contributed by atoms with Crippen molar-refractivity contribution in [3.05, 3.63) is 0 Å². The average molecular weight is 136 g/mol. The van der Waals surface area contributed by atoms with Crippen LogP contribution in [-0.2, 0) is 10.8 Å². The normalized spacial score (nSPS) is 41.9. The average Bonchev–Trinajstić information content (AvgIpc) is 1.91. The van der Waals surface area contributed by atoms with Crippen LogP contribution in [0.1, 0.15) is 6.92 Å². The second kappa shape index (κ2) is 2.18. The van der Waals surface area contributed by atoms with E-state index in [1.807, 2.05) is 6.92 Å². The molecule has 0 aliphatic carbocycles. The lowest BCUT2D eigenvalue weighted by molar-refractivity contribution is 0.684. The van der Waals surface area contributed by atoms with Gasteiger partial charge in [0, 0.05) is 22.3 Å². The Morgan fingerprint density at radius 3 is 2.71 bits per heavy atom. The van der Waals surface area contributed by atoms with Crippen LogP contribution in [0.5, 0.6) is 0 Å². The number of hydrogen-bond acceptors (Lipinski definition) is 2.